The monoisotopic (exact) mass is 442 g/mol. The molecule has 0 spiro atoms. The highest BCUT2D eigenvalue weighted by atomic mass is 32.2. The predicted octanol–water partition coefficient (Wildman–Crippen LogP) is 0.387. The fourth-order valence-electron chi connectivity index (χ4n) is 2.42. The van der Waals surface area contributed by atoms with Gasteiger partial charge in [-0.1, -0.05) is 41.7 Å². The topological polar surface area (TPSA) is 153 Å². The van der Waals surface area contributed by atoms with Gasteiger partial charge in [0.2, 0.25) is 16.6 Å². The minimum atomic E-state index is -0.807. The van der Waals surface area contributed by atoms with Gasteiger partial charge in [0.1, 0.15) is 0 Å². The van der Waals surface area contributed by atoms with Crippen LogP contribution in [0.25, 0.3) is 5.69 Å². The minimum absolute atomic E-state index is 0.0897. The van der Waals surface area contributed by atoms with Gasteiger partial charge in [-0.3, -0.25) is 4.79 Å². The largest absolute Gasteiger partial charge is 0.539 e. The van der Waals surface area contributed by atoms with Crippen molar-refractivity contribution in [2.24, 2.45) is 0 Å². The average Bonchev–Trinajstić information content (AvgIpc) is 3.34. The number of nitrogens with two attached hydrogens (primary N) is 1. The molecule has 30 heavy (non-hydrogen) atoms. The molecule has 0 amide bonds. The maximum Gasteiger partial charge on any atom is 0.307 e. The maximum atomic E-state index is 12.7. The lowest BCUT2D eigenvalue weighted by molar-refractivity contribution is -0.672. The minimum Gasteiger partial charge on any atom is -0.539 e. The molecular weight excluding hydrogens is 428 g/mol. The first-order valence-electron chi connectivity index (χ1n) is 8.53. The van der Waals surface area contributed by atoms with Crippen molar-refractivity contribution in [2.75, 3.05) is 11.6 Å². The molecule has 3 heterocycles. The van der Waals surface area contributed by atoms with Crippen LogP contribution in [0.3, 0.4) is 0 Å². The van der Waals surface area contributed by atoms with Crippen molar-refractivity contribution < 1.29 is 19.1 Å². The molecule has 0 fully saturated rings. The second-order valence-corrected chi connectivity index (χ2v) is 7.64. The van der Waals surface area contributed by atoms with Crippen molar-refractivity contribution in [1.82, 2.24) is 30.1 Å². The van der Waals surface area contributed by atoms with Crippen LogP contribution in [-0.4, -0.2) is 41.6 Å². The Morgan fingerprint density at radius 3 is 2.67 bits per heavy atom. The van der Waals surface area contributed by atoms with Crippen LogP contribution >= 0.6 is 23.5 Å². The molecule has 3 aromatic heterocycles. The molecule has 152 valence electrons. The number of Topliss-reactive ketones (excluding diaryl/α,β-unsaturated/α-hetero) is 1. The van der Waals surface area contributed by atoms with Gasteiger partial charge in [-0.15, -0.1) is 10.2 Å². The first-order valence-corrected chi connectivity index (χ1v) is 10.5. The van der Waals surface area contributed by atoms with Gasteiger partial charge in [0.15, 0.2) is 16.9 Å². The molecule has 0 aliphatic rings. The van der Waals surface area contributed by atoms with Gasteiger partial charge in [0, 0.05) is 24.5 Å². The van der Waals surface area contributed by atoms with E-state index in [0.717, 1.165) is 11.8 Å². The lowest BCUT2D eigenvalue weighted by Crippen LogP contribution is -2.39. The van der Waals surface area contributed by atoms with Crippen molar-refractivity contribution >= 4 is 29.3 Å². The predicted molar refractivity (Wildman–Crippen MR) is 104 cm³/mol. The summed E-state index contributed by atoms with van der Waals surface area (Å²) in [4.78, 5) is 20.9. The molecule has 0 atom stereocenters. The summed E-state index contributed by atoms with van der Waals surface area (Å²) in [5.41, 5.74) is 0.370. The Kier molecular flexibility index (Phi) is 5.90. The van der Waals surface area contributed by atoms with Gasteiger partial charge in [0.25, 0.3) is 0 Å². The highest BCUT2D eigenvalue weighted by molar-refractivity contribution is 7.99. The van der Waals surface area contributed by atoms with E-state index in [1.807, 2.05) is 6.07 Å². The Morgan fingerprint density at radius 2 is 1.90 bits per heavy atom. The van der Waals surface area contributed by atoms with E-state index in [1.54, 1.807) is 42.7 Å². The molecule has 0 saturated carbocycles. The van der Waals surface area contributed by atoms with Crippen LogP contribution in [0, 0.1) is 0 Å². The number of hydrogen-bond acceptors (Lipinski definition) is 11. The lowest BCUT2D eigenvalue weighted by Gasteiger charge is -2.02. The normalized spacial score (nSPS) is 10.9. The Balaban J connectivity index is 1.43. The summed E-state index contributed by atoms with van der Waals surface area (Å²) in [5.74, 6) is 5.57. The summed E-state index contributed by atoms with van der Waals surface area (Å²) in [6, 6.07) is 10.5. The molecule has 0 aliphatic heterocycles. The zero-order valence-electron chi connectivity index (χ0n) is 15.3. The van der Waals surface area contributed by atoms with Gasteiger partial charge < -0.3 is 15.5 Å². The third kappa shape index (κ3) is 4.26. The number of rotatable bonds is 8. The standard InChI is InChI=1S/C17H14N8O3S2/c18-24-13(10-29-16-19-7-4-8-20-16)21-22-17(24)30-9-12(26)14-15(27)28-23-25(14)11-5-2-1-3-6-11/h1-8H,9-10,18H2. The first kappa shape index (κ1) is 19.8. The van der Waals surface area contributed by atoms with E-state index in [1.165, 1.54) is 21.1 Å². The fourth-order valence-corrected chi connectivity index (χ4v) is 3.88. The number of nitrogens with zero attached hydrogens (tertiary/aromatic N) is 7. The number of para-hydroxylation sites is 1. The highest BCUT2D eigenvalue weighted by Gasteiger charge is 2.28. The Hall–Kier alpha value is -3.45. The SMILES string of the molecule is Nn1c(CSc2ncccn2)nnc1SCC(=O)c1c([O-])on[n+]1-c1ccccc1. The summed E-state index contributed by atoms with van der Waals surface area (Å²) in [7, 11) is 0. The summed E-state index contributed by atoms with van der Waals surface area (Å²) in [6.45, 7) is 0. The number of hydrogen-bond donors (Lipinski definition) is 1. The number of aromatic nitrogens is 7. The molecule has 13 heteroatoms. The van der Waals surface area contributed by atoms with Crippen LogP contribution in [0.15, 0.2) is 63.6 Å². The van der Waals surface area contributed by atoms with Crippen LogP contribution in [0.4, 0.5) is 0 Å². The van der Waals surface area contributed by atoms with E-state index in [2.05, 4.69) is 30.0 Å². The Bertz CT molecular complexity index is 1150. The van der Waals surface area contributed by atoms with Gasteiger partial charge in [-0.2, -0.15) is 0 Å². The van der Waals surface area contributed by atoms with E-state index in [-0.39, 0.29) is 11.4 Å². The third-order valence-corrected chi connectivity index (χ3v) is 5.63. The molecule has 0 saturated heterocycles. The maximum absolute atomic E-state index is 12.7. The summed E-state index contributed by atoms with van der Waals surface area (Å²) in [5, 5.41) is 24.6. The smallest absolute Gasteiger partial charge is 0.307 e. The van der Waals surface area contributed by atoms with E-state index in [0.29, 0.717) is 27.6 Å². The van der Waals surface area contributed by atoms with Gasteiger partial charge in [0.05, 0.1) is 16.8 Å². The molecule has 11 nitrogen and oxygen atoms in total. The van der Waals surface area contributed by atoms with E-state index in [4.69, 9.17) is 5.84 Å². The van der Waals surface area contributed by atoms with Gasteiger partial charge >= 0.3 is 5.69 Å². The molecule has 0 radical (unpaired) electrons. The van der Waals surface area contributed by atoms with E-state index in [9.17, 15) is 9.90 Å². The Morgan fingerprint density at radius 1 is 1.13 bits per heavy atom. The molecule has 4 rings (SSSR count). The van der Waals surface area contributed by atoms with Crippen molar-refractivity contribution in [2.45, 2.75) is 16.1 Å². The van der Waals surface area contributed by atoms with Crippen LogP contribution in [0.5, 0.6) is 5.95 Å². The summed E-state index contributed by atoms with van der Waals surface area (Å²) < 4.78 is 7.16. The number of carbonyl (C=O) groups is 1. The van der Waals surface area contributed by atoms with Crippen LogP contribution in [0.2, 0.25) is 0 Å². The molecule has 0 unspecified atom stereocenters. The molecule has 0 bridgehead atoms. The van der Waals surface area contributed by atoms with Crippen molar-refractivity contribution in [3.05, 3.63) is 60.3 Å². The van der Waals surface area contributed by atoms with Crippen LogP contribution in [0.1, 0.15) is 16.3 Å². The van der Waals surface area contributed by atoms with Crippen LogP contribution < -0.4 is 15.6 Å². The zero-order chi connectivity index (χ0) is 20.9. The van der Waals surface area contributed by atoms with Crippen molar-refractivity contribution in [3.63, 3.8) is 0 Å². The second-order valence-electron chi connectivity index (χ2n) is 5.76. The number of carbonyl (C=O) groups excluding carboxylic acids is 1. The molecule has 4 aromatic rings. The van der Waals surface area contributed by atoms with Gasteiger partial charge in [-0.25, -0.2) is 14.6 Å². The average molecular weight is 442 g/mol. The molecular formula is C17H14N8O3S2. The number of thioether (sulfide) groups is 2. The first-order chi connectivity index (χ1) is 14.6. The number of nitrogen functional groups attached to an aromatic ring is 1. The number of benzene rings is 1. The molecule has 2 N–H and O–H groups in total. The third-order valence-electron chi connectivity index (χ3n) is 3.82. The highest BCUT2D eigenvalue weighted by Crippen LogP contribution is 2.22. The summed E-state index contributed by atoms with van der Waals surface area (Å²) >= 11 is 2.42. The quantitative estimate of drug-likeness (QED) is 0.132. The van der Waals surface area contributed by atoms with Crippen molar-refractivity contribution in [3.8, 4) is 11.6 Å². The van der Waals surface area contributed by atoms with E-state index >= 15 is 0 Å². The fraction of sp³-hybridized carbons (Fsp3) is 0.118. The van der Waals surface area contributed by atoms with E-state index < -0.39 is 11.7 Å². The number of ketones is 1. The lowest BCUT2D eigenvalue weighted by atomic mass is 10.3. The molecule has 1 aromatic carbocycles. The second kappa shape index (κ2) is 8.92. The summed E-state index contributed by atoms with van der Waals surface area (Å²) in [6.07, 6.45) is 3.29. The zero-order valence-corrected chi connectivity index (χ0v) is 16.9. The van der Waals surface area contributed by atoms with Crippen LogP contribution in [-0.2, 0) is 5.75 Å². The van der Waals surface area contributed by atoms with Crippen molar-refractivity contribution in [1.29, 1.82) is 0 Å². The molecule has 0 aliphatic carbocycles. The Labute approximate surface area is 178 Å². The van der Waals surface area contributed by atoms with Gasteiger partial charge in [-0.05, 0) is 10.7 Å².